The van der Waals surface area contributed by atoms with Crippen LogP contribution in [0.2, 0.25) is 0 Å². The lowest BCUT2D eigenvalue weighted by molar-refractivity contribution is -0.131. The molecule has 0 radical (unpaired) electrons. The molecule has 1 amide bonds. The van der Waals surface area contributed by atoms with Gasteiger partial charge in [-0.05, 0) is 37.8 Å². The largest absolute Gasteiger partial charge is 0.464 e. The molecule has 3 unspecified atom stereocenters. The van der Waals surface area contributed by atoms with Gasteiger partial charge in [-0.3, -0.25) is 9.69 Å². The van der Waals surface area contributed by atoms with Crippen LogP contribution < -0.4 is 0 Å². The Hall–Kier alpha value is -1.33. The van der Waals surface area contributed by atoms with E-state index in [4.69, 9.17) is 4.42 Å². The monoisotopic (exact) mass is 292 g/mol. The van der Waals surface area contributed by atoms with Gasteiger partial charge in [-0.1, -0.05) is 0 Å². The van der Waals surface area contributed by atoms with Crippen LogP contribution in [0.15, 0.2) is 16.5 Å². The summed E-state index contributed by atoms with van der Waals surface area (Å²) in [5.41, 5.74) is 0. The van der Waals surface area contributed by atoms with Crippen molar-refractivity contribution in [3.63, 3.8) is 0 Å². The van der Waals surface area contributed by atoms with Crippen LogP contribution in [0.4, 0.5) is 0 Å². The molecule has 0 bridgehead atoms. The number of likely N-dealkylation sites (tertiary alicyclic amines) is 1. The molecule has 116 valence electrons. The normalized spacial score (nSPS) is 28.8. The van der Waals surface area contributed by atoms with E-state index in [-0.39, 0.29) is 12.0 Å². The summed E-state index contributed by atoms with van der Waals surface area (Å²) < 4.78 is 5.51. The fraction of sp³-hybridized carbons (Fsp3) is 0.688. The summed E-state index contributed by atoms with van der Waals surface area (Å²) in [4.78, 5) is 16.2. The third-order valence-electron chi connectivity index (χ3n) is 4.87. The average Bonchev–Trinajstić information content (AvgIpc) is 3.09. The Bertz CT molecular complexity index is 513. The molecule has 1 saturated carbocycles. The molecule has 2 aliphatic rings. The highest BCUT2D eigenvalue weighted by Crippen LogP contribution is 2.37. The van der Waals surface area contributed by atoms with Gasteiger partial charge in [0.25, 0.3) is 0 Å². The summed E-state index contributed by atoms with van der Waals surface area (Å²) in [7, 11) is 1.81. The smallest absolute Gasteiger partial charge is 0.236 e. The van der Waals surface area contributed by atoms with E-state index in [0.29, 0.717) is 24.9 Å². The number of carbonyl (C=O) groups excluding carboxylic acids is 1. The first-order valence-electron chi connectivity index (χ1n) is 7.72. The number of aliphatic hydroxyl groups excluding tert-OH is 1. The lowest BCUT2D eigenvalue weighted by Gasteiger charge is -2.21. The molecule has 5 heteroatoms. The Balaban J connectivity index is 1.50. The van der Waals surface area contributed by atoms with E-state index in [0.717, 1.165) is 37.5 Å². The van der Waals surface area contributed by atoms with E-state index in [1.165, 1.54) is 0 Å². The number of hydrogen-bond donors (Lipinski definition) is 1. The van der Waals surface area contributed by atoms with Crippen molar-refractivity contribution >= 4 is 5.91 Å². The molecule has 1 aromatic heterocycles. The van der Waals surface area contributed by atoms with Crippen molar-refractivity contribution in [1.29, 1.82) is 0 Å². The molecule has 1 aliphatic heterocycles. The minimum absolute atomic E-state index is 0.110. The van der Waals surface area contributed by atoms with Gasteiger partial charge in [0, 0.05) is 26.1 Å². The van der Waals surface area contributed by atoms with E-state index in [1.54, 1.807) is 4.90 Å². The number of furan rings is 1. The summed E-state index contributed by atoms with van der Waals surface area (Å²) in [5, 5.41) is 9.92. The highest BCUT2D eigenvalue weighted by molar-refractivity contribution is 5.78. The van der Waals surface area contributed by atoms with E-state index >= 15 is 0 Å². The Morgan fingerprint density at radius 1 is 1.43 bits per heavy atom. The van der Waals surface area contributed by atoms with E-state index in [1.807, 2.05) is 26.1 Å². The SMILES string of the molecule is Cc1ccc(CN(C)C(=O)CN2CC3CCC(O)C3C2)o1. The number of nitrogens with zero attached hydrogens (tertiary/aromatic N) is 2. The maximum Gasteiger partial charge on any atom is 0.236 e. The Kier molecular flexibility index (Phi) is 4.04. The standard InChI is InChI=1S/C16H24N2O3/c1-11-3-5-13(21-11)8-17(2)16(20)10-18-7-12-4-6-15(19)14(12)9-18/h3,5,12,14-15,19H,4,6-10H2,1-2H3. The molecule has 1 saturated heterocycles. The number of fused-ring (bicyclic) bond motifs is 1. The maximum atomic E-state index is 12.3. The van der Waals surface area contributed by atoms with Crippen LogP contribution in [-0.2, 0) is 11.3 Å². The molecule has 5 nitrogen and oxygen atoms in total. The number of hydrogen-bond acceptors (Lipinski definition) is 4. The summed E-state index contributed by atoms with van der Waals surface area (Å²) in [6, 6.07) is 3.83. The average molecular weight is 292 g/mol. The molecule has 3 atom stereocenters. The molecule has 2 fully saturated rings. The molecule has 0 spiro atoms. The Labute approximate surface area is 125 Å². The molecule has 2 heterocycles. The lowest BCUT2D eigenvalue weighted by atomic mass is 10.00. The van der Waals surface area contributed by atoms with Gasteiger partial charge in [0.15, 0.2) is 0 Å². The third kappa shape index (κ3) is 3.14. The van der Waals surface area contributed by atoms with Crippen molar-refractivity contribution in [2.45, 2.75) is 32.4 Å². The van der Waals surface area contributed by atoms with Crippen LogP contribution in [0.5, 0.6) is 0 Å². The van der Waals surface area contributed by atoms with Crippen molar-refractivity contribution in [2.24, 2.45) is 11.8 Å². The molecule has 1 aromatic rings. The number of amides is 1. The first kappa shape index (κ1) is 14.6. The number of rotatable bonds is 4. The van der Waals surface area contributed by atoms with Crippen molar-refractivity contribution in [1.82, 2.24) is 9.80 Å². The highest BCUT2D eigenvalue weighted by atomic mass is 16.3. The van der Waals surface area contributed by atoms with Gasteiger partial charge in [0.1, 0.15) is 11.5 Å². The van der Waals surface area contributed by atoms with Crippen LogP contribution in [0.3, 0.4) is 0 Å². The second-order valence-electron chi connectivity index (χ2n) is 6.52. The summed E-state index contributed by atoms with van der Waals surface area (Å²) in [5.74, 6) is 2.74. The van der Waals surface area contributed by atoms with Crippen molar-refractivity contribution < 1.29 is 14.3 Å². The predicted molar refractivity (Wildman–Crippen MR) is 78.6 cm³/mol. The number of aliphatic hydroxyl groups is 1. The zero-order chi connectivity index (χ0) is 15.0. The van der Waals surface area contributed by atoms with Crippen molar-refractivity contribution in [3.8, 4) is 0 Å². The quantitative estimate of drug-likeness (QED) is 0.907. The van der Waals surface area contributed by atoms with E-state index in [9.17, 15) is 9.90 Å². The fourth-order valence-electron chi connectivity index (χ4n) is 3.66. The minimum atomic E-state index is -0.168. The molecule has 1 N–H and O–H groups in total. The van der Waals surface area contributed by atoms with Gasteiger partial charge >= 0.3 is 0 Å². The summed E-state index contributed by atoms with van der Waals surface area (Å²) in [6.45, 7) is 4.65. The van der Waals surface area contributed by atoms with Gasteiger partial charge in [-0.25, -0.2) is 0 Å². The van der Waals surface area contributed by atoms with Crippen molar-refractivity contribution in [3.05, 3.63) is 23.7 Å². The van der Waals surface area contributed by atoms with Crippen LogP contribution in [0.1, 0.15) is 24.4 Å². The fourth-order valence-corrected chi connectivity index (χ4v) is 3.66. The highest BCUT2D eigenvalue weighted by Gasteiger charge is 2.42. The second kappa shape index (κ2) is 5.81. The summed E-state index contributed by atoms with van der Waals surface area (Å²) >= 11 is 0. The van der Waals surface area contributed by atoms with Crippen LogP contribution >= 0.6 is 0 Å². The van der Waals surface area contributed by atoms with E-state index < -0.39 is 0 Å². The van der Waals surface area contributed by atoms with Crippen molar-refractivity contribution in [2.75, 3.05) is 26.7 Å². The zero-order valence-corrected chi connectivity index (χ0v) is 12.8. The predicted octanol–water partition coefficient (Wildman–Crippen LogP) is 1.25. The van der Waals surface area contributed by atoms with Gasteiger partial charge in [-0.2, -0.15) is 0 Å². The Morgan fingerprint density at radius 2 is 2.24 bits per heavy atom. The molecule has 0 aromatic carbocycles. The molecular weight excluding hydrogens is 268 g/mol. The summed E-state index contributed by atoms with van der Waals surface area (Å²) in [6.07, 6.45) is 1.85. The molecular formula is C16H24N2O3. The number of aryl methyl sites for hydroxylation is 1. The minimum Gasteiger partial charge on any atom is -0.464 e. The van der Waals surface area contributed by atoms with Gasteiger partial charge in [0.05, 0.1) is 19.2 Å². The van der Waals surface area contributed by atoms with Crippen LogP contribution in [0, 0.1) is 18.8 Å². The van der Waals surface area contributed by atoms with Gasteiger partial charge in [0.2, 0.25) is 5.91 Å². The molecule has 1 aliphatic carbocycles. The van der Waals surface area contributed by atoms with Gasteiger partial charge in [-0.15, -0.1) is 0 Å². The zero-order valence-electron chi connectivity index (χ0n) is 12.8. The third-order valence-corrected chi connectivity index (χ3v) is 4.87. The maximum absolute atomic E-state index is 12.3. The Morgan fingerprint density at radius 3 is 2.90 bits per heavy atom. The lowest BCUT2D eigenvalue weighted by Crippen LogP contribution is -2.37. The molecule has 3 rings (SSSR count). The van der Waals surface area contributed by atoms with Crippen LogP contribution in [0.25, 0.3) is 0 Å². The second-order valence-corrected chi connectivity index (χ2v) is 6.52. The number of likely N-dealkylation sites (N-methyl/N-ethyl adjacent to an activating group) is 1. The van der Waals surface area contributed by atoms with Gasteiger partial charge < -0.3 is 14.4 Å². The first-order chi connectivity index (χ1) is 10.0. The van der Waals surface area contributed by atoms with Crippen LogP contribution in [-0.4, -0.2) is 53.6 Å². The van der Waals surface area contributed by atoms with E-state index in [2.05, 4.69) is 4.90 Å². The number of carbonyl (C=O) groups is 1. The molecule has 21 heavy (non-hydrogen) atoms. The first-order valence-corrected chi connectivity index (χ1v) is 7.72. The topological polar surface area (TPSA) is 56.9 Å².